The fourth-order valence-electron chi connectivity index (χ4n) is 15.2. The van der Waals surface area contributed by atoms with E-state index in [0.717, 1.165) is 182 Å². The van der Waals surface area contributed by atoms with Gasteiger partial charge in [0.15, 0.2) is 58.5 Å². The van der Waals surface area contributed by atoms with Crippen molar-refractivity contribution in [2.24, 2.45) is 0 Å². The van der Waals surface area contributed by atoms with E-state index < -0.39 is 52.7 Å². The molecule has 4 saturated carbocycles. The van der Waals surface area contributed by atoms with Gasteiger partial charge in [-0.3, -0.25) is 0 Å². The van der Waals surface area contributed by atoms with E-state index in [0.29, 0.717) is 97.6 Å². The molecule has 4 aliphatic carbocycles. The SMILES string of the molecule is C.C.C.C.CCc1cnc(OC2CCC(Oc3c(F)cc(-c4ccc(S(C)(=O)=O)cc4)cc3F)CC2)nc1.CCc1cnc(OC2CCC(c3nc(COc4ccc(-n5cnnn5)cc4)cs3)CC2)nc1.CCc1cnc(OC2CCC(c3nc(COc4ccc(S(C)(=O)=O)cc4)cs3)CC2)nc1.CCc1cnc(OC2CCC(c3nc(COc4ccc(S(C)(=O)=O)cc4F)cs3)CC2)nc1. The van der Waals surface area contributed by atoms with Gasteiger partial charge in [-0.1, -0.05) is 69.5 Å². The minimum absolute atomic E-state index is 0. The molecule has 8 heterocycles. The summed E-state index contributed by atoms with van der Waals surface area (Å²) in [6, 6.07) is 27.7. The third kappa shape index (κ3) is 30.7. The van der Waals surface area contributed by atoms with E-state index in [1.165, 1.54) is 59.8 Å². The lowest BCUT2D eigenvalue weighted by Crippen LogP contribution is -2.30. The third-order valence-corrected chi connectivity index (χ3v) is 29.5. The lowest BCUT2D eigenvalue weighted by atomic mass is 9.88. The van der Waals surface area contributed by atoms with Gasteiger partial charge in [0.1, 0.15) is 62.1 Å². The first-order valence-corrected chi connectivity index (χ1v) is 52.2. The summed E-state index contributed by atoms with van der Waals surface area (Å²) in [7, 11) is -10.0. The standard InChI is InChI=1S/C25H26F2N2O4S.C23H26FN3O4S2.C23H25N7O2S.C23H27N3O4S2.4CH4/c1-3-16-14-28-25(29-15-16)33-20-8-6-19(7-9-20)32-24-22(26)12-18(13-23(24)27)17-4-10-21(11-5-17)34(2,30)31;1-3-15-11-25-23(26-12-15)31-18-6-4-16(5-7-18)22-27-17(14-32-22)13-30-21-9-8-19(10-20(21)24)33(2,28)29;1-2-16-11-24-23(25-12-16)32-21-7-3-17(4-8-21)22-27-18(14-33-22)13-31-20-9-5-19(6-10-20)30-15-26-28-29-30;1-3-16-12-24-23(25-13-16)30-20-6-4-17(5-7-20)22-26-18(15-31-22)14-29-19-8-10-21(11-9-19)32(2,27)28;;;;/h4-5,10-15,19-20H,3,6-9H2,1-2H3;8-12,14,16,18H,3-7,13H2,1-2H3;5-6,9-12,14-15,17,21H,2-4,7-8,13H2,1H3;8-13,15,17,20H,3-7,14H2,1-2H3;4*1H4. The van der Waals surface area contributed by atoms with Crippen molar-refractivity contribution in [2.75, 3.05) is 18.8 Å². The second-order valence-corrected chi connectivity index (χ2v) is 41.4. The van der Waals surface area contributed by atoms with Gasteiger partial charge in [-0.05, 0) is 263 Å². The van der Waals surface area contributed by atoms with Crippen LogP contribution < -0.4 is 37.9 Å². The third-order valence-electron chi connectivity index (χ3n) is 22.9. The molecule has 136 heavy (non-hydrogen) atoms. The lowest BCUT2D eigenvalue weighted by molar-refractivity contribution is 0.0705. The van der Waals surface area contributed by atoms with Crippen LogP contribution in [0.2, 0.25) is 0 Å². The minimum atomic E-state index is -3.47. The van der Waals surface area contributed by atoms with Crippen molar-refractivity contribution >= 4 is 63.5 Å². The molecule has 38 heteroatoms. The van der Waals surface area contributed by atoms with Gasteiger partial charge in [0.2, 0.25) is 0 Å². The van der Waals surface area contributed by atoms with Crippen LogP contribution in [0.1, 0.15) is 232 Å². The van der Waals surface area contributed by atoms with Gasteiger partial charge in [0.05, 0.1) is 58.6 Å². The second-order valence-electron chi connectivity index (χ2n) is 32.6. The molecule has 0 N–H and O–H groups in total. The highest BCUT2D eigenvalue weighted by Gasteiger charge is 2.32. The van der Waals surface area contributed by atoms with Gasteiger partial charge >= 0.3 is 24.0 Å². The summed E-state index contributed by atoms with van der Waals surface area (Å²) in [6.45, 7) is 9.19. The Labute approximate surface area is 807 Å². The quantitative estimate of drug-likeness (QED) is 0.0389. The molecule has 0 atom stereocenters. The molecular weight excluding hydrogens is 1860 g/mol. The van der Waals surface area contributed by atoms with Crippen LogP contribution in [0.4, 0.5) is 13.2 Å². The molecule has 4 fully saturated rings. The smallest absolute Gasteiger partial charge is 0.316 e. The number of nitrogens with zero attached hydrogens (tertiary/aromatic N) is 15. The molecule has 0 aliphatic heterocycles. The summed E-state index contributed by atoms with van der Waals surface area (Å²) in [5.74, 6) is -0.0310. The molecule has 728 valence electrons. The number of tetrazole rings is 1. The Balaban J connectivity index is 0.000000186. The molecular formula is C98H120F3N15O14S6. The van der Waals surface area contributed by atoms with E-state index in [2.05, 4.69) is 86.5 Å². The molecule has 13 aromatic rings. The van der Waals surface area contributed by atoms with Crippen molar-refractivity contribution in [3.05, 3.63) is 247 Å². The van der Waals surface area contributed by atoms with Crippen molar-refractivity contribution in [1.29, 1.82) is 0 Å². The summed E-state index contributed by atoms with van der Waals surface area (Å²) in [6.07, 6.45) is 37.3. The monoisotopic (exact) mass is 1980 g/mol. The van der Waals surface area contributed by atoms with Crippen LogP contribution in [0.3, 0.4) is 0 Å². The second kappa shape index (κ2) is 50.5. The van der Waals surface area contributed by atoms with E-state index in [-0.39, 0.29) is 87.3 Å². The Bertz CT molecular complexity index is 6190. The van der Waals surface area contributed by atoms with Gasteiger partial charge < -0.3 is 37.9 Å². The molecule has 0 unspecified atom stereocenters. The Morgan fingerprint density at radius 1 is 0.360 bits per heavy atom. The van der Waals surface area contributed by atoms with Crippen molar-refractivity contribution in [3.63, 3.8) is 0 Å². The predicted octanol–water partition coefficient (Wildman–Crippen LogP) is 21.2. The molecule has 0 radical (unpaired) electrons. The van der Waals surface area contributed by atoms with Gasteiger partial charge in [0, 0.05) is 102 Å². The Hall–Kier alpha value is -11.6. The summed E-state index contributed by atoms with van der Waals surface area (Å²) in [4.78, 5) is 48.8. The minimum Gasteiger partial charge on any atom is -0.487 e. The van der Waals surface area contributed by atoms with E-state index in [1.807, 2.05) is 66.7 Å². The predicted molar refractivity (Wildman–Crippen MR) is 519 cm³/mol. The van der Waals surface area contributed by atoms with Crippen LogP contribution in [-0.2, 0) is 75.0 Å². The first-order valence-electron chi connectivity index (χ1n) is 43.9. The zero-order chi connectivity index (χ0) is 92.7. The average molecular weight is 1980 g/mol. The molecule has 8 aromatic heterocycles. The zero-order valence-electron chi connectivity index (χ0n) is 74.1. The number of halogens is 3. The van der Waals surface area contributed by atoms with Crippen LogP contribution in [0.25, 0.3) is 16.8 Å². The molecule has 0 spiro atoms. The van der Waals surface area contributed by atoms with Crippen LogP contribution >= 0.6 is 34.0 Å². The number of aryl methyl sites for hydroxylation is 4. The highest BCUT2D eigenvalue weighted by molar-refractivity contribution is 7.91. The topological polar surface area (TPSA) is 362 Å². The van der Waals surface area contributed by atoms with E-state index in [1.54, 1.807) is 94.1 Å². The number of hydrogen-bond donors (Lipinski definition) is 0. The van der Waals surface area contributed by atoms with Crippen molar-refractivity contribution in [3.8, 4) is 63.9 Å². The van der Waals surface area contributed by atoms with Crippen molar-refractivity contribution in [2.45, 2.75) is 269 Å². The van der Waals surface area contributed by atoms with E-state index >= 15 is 0 Å². The fourth-order valence-corrected chi connectivity index (χ4v) is 20.0. The number of thiazole rings is 3. The number of benzene rings is 5. The van der Waals surface area contributed by atoms with Gasteiger partial charge in [-0.15, -0.1) is 39.1 Å². The van der Waals surface area contributed by atoms with Crippen molar-refractivity contribution in [1.82, 2.24) is 75.0 Å². The molecule has 4 aliphatic rings. The molecule has 0 amide bonds. The largest absolute Gasteiger partial charge is 0.487 e. The molecule has 29 nitrogen and oxygen atoms in total. The zero-order valence-corrected chi connectivity index (χ0v) is 79.0. The summed E-state index contributed by atoms with van der Waals surface area (Å²) in [5, 5.41) is 20.6. The first kappa shape index (κ1) is 106. The molecule has 0 saturated heterocycles. The number of ether oxygens (including phenoxy) is 8. The average Bonchev–Trinajstić information content (AvgIpc) is 0.977. The Morgan fingerprint density at radius 2 is 0.669 bits per heavy atom. The highest BCUT2D eigenvalue weighted by Crippen LogP contribution is 2.41. The van der Waals surface area contributed by atoms with Crippen LogP contribution in [0.15, 0.2) is 190 Å². The fraction of sp³-hybridized carbons (Fsp3) is 0.429. The Morgan fingerprint density at radius 3 is 0.985 bits per heavy atom. The summed E-state index contributed by atoms with van der Waals surface area (Å²) >= 11 is 4.97. The van der Waals surface area contributed by atoms with Gasteiger partial charge in [0.25, 0.3) is 0 Å². The van der Waals surface area contributed by atoms with Crippen LogP contribution in [0, 0.1) is 17.5 Å². The molecule has 0 bridgehead atoms. The maximum absolute atomic E-state index is 14.7. The number of aromatic nitrogens is 15. The normalized spacial score (nSPS) is 18.0. The Kier molecular flexibility index (Phi) is 39.5. The molecule has 17 rings (SSSR count). The van der Waals surface area contributed by atoms with Crippen molar-refractivity contribution < 1.29 is 76.3 Å². The number of rotatable bonds is 31. The van der Waals surface area contributed by atoms with Gasteiger partial charge in [-0.2, -0.15) is 0 Å². The highest BCUT2D eigenvalue weighted by atomic mass is 32.2. The van der Waals surface area contributed by atoms with E-state index in [9.17, 15) is 38.4 Å². The van der Waals surface area contributed by atoms with Crippen LogP contribution in [0.5, 0.6) is 47.0 Å². The summed E-state index contributed by atoms with van der Waals surface area (Å²) < 4.78 is 161. The number of sulfone groups is 3. The first-order chi connectivity index (χ1) is 63.7. The molecule has 5 aromatic carbocycles. The van der Waals surface area contributed by atoms with E-state index in [4.69, 9.17) is 47.9 Å². The van der Waals surface area contributed by atoms with Gasteiger partial charge in [-0.25, -0.2) is 97.9 Å². The summed E-state index contributed by atoms with van der Waals surface area (Å²) in [5.41, 5.74) is 8.61. The lowest BCUT2D eigenvalue weighted by Gasteiger charge is -2.29. The maximum Gasteiger partial charge on any atom is 0.316 e. The number of hydrogen-bond acceptors (Lipinski definition) is 31. The van der Waals surface area contributed by atoms with Crippen LogP contribution in [-0.4, -0.2) is 150 Å². The maximum atomic E-state index is 14.7.